The molecule has 2 heterocycles. The van der Waals surface area contributed by atoms with Crippen molar-refractivity contribution < 1.29 is 0 Å². The molecule has 1 aliphatic rings. The van der Waals surface area contributed by atoms with Crippen LogP contribution in [0.25, 0.3) is 0 Å². The van der Waals surface area contributed by atoms with Gasteiger partial charge in [0.25, 0.3) is 0 Å². The highest BCUT2D eigenvalue weighted by atomic mass is 15.2. The molecule has 1 aliphatic heterocycles. The van der Waals surface area contributed by atoms with E-state index in [0.29, 0.717) is 12.6 Å². The molecule has 98 valence electrons. The topological polar surface area (TPSA) is 42.1 Å². The van der Waals surface area contributed by atoms with E-state index < -0.39 is 0 Å². The van der Waals surface area contributed by atoms with Gasteiger partial charge in [0.1, 0.15) is 0 Å². The lowest BCUT2D eigenvalue weighted by Gasteiger charge is -2.23. The van der Waals surface area contributed by atoms with Crippen molar-refractivity contribution in [1.29, 1.82) is 0 Å². The zero-order valence-corrected chi connectivity index (χ0v) is 11.2. The first-order valence-electron chi connectivity index (χ1n) is 6.70. The maximum Gasteiger partial charge on any atom is 0.0480 e. The molecular formula is C16H19N3. The Balaban J connectivity index is 1.85. The molecular weight excluding hydrogens is 234 g/mol. The van der Waals surface area contributed by atoms with E-state index in [2.05, 4.69) is 47.1 Å². The number of pyridine rings is 1. The molecule has 19 heavy (non-hydrogen) atoms. The van der Waals surface area contributed by atoms with Crippen LogP contribution in [0.1, 0.15) is 28.3 Å². The summed E-state index contributed by atoms with van der Waals surface area (Å²) in [4.78, 5) is 6.51. The van der Waals surface area contributed by atoms with Gasteiger partial charge in [-0.1, -0.05) is 23.8 Å². The second-order valence-electron chi connectivity index (χ2n) is 5.21. The van der Waals surface area contributed by atoms with E-state index in [1.54, 1.807) is 0 Å². The number of aromatic nitrogens is 1. The van der Waals surface area contributed by atoms with Crippen LogP contribution in [0, 0.1) is 6.92 Å². The lowest BCUT2D eigenvalue weighted by Crippen LogP contribution is -2.27. The summed E-state index contributed by atoms with van der Waals surface area (Å²) < 4.78 is 0. The second kappa shape index (κ2) is 5.11. The number of benzene rings is 1. The Morgan fingerprint density at radius 3 is 2.79 bits per heavy atom. The van der Waals surface area contributed by atoms with Crippen molar-refractivity contribution in [3.8, 4) is 0 Å². The van der Waals surface area contributed by atoms with E-state index in [1.807, 2.05) is 12.4 Å². The molecule has 3 nitrogen and oxygen atoms in total. The van der Waals surface area contributed by atoms with E-state index in [9.17, 15) is 0 Å². The first-order valence-corrected chi connectivity index (χ1v) is 6.70. The number of hydrogen-bond acceptors (Lipinski definition) is 3. The minimum atomic E-state index is 0.336. The van der Waals surface area contributed by atoms with Crippen LogP contribution in [0.15, 0.2) is 42.7 Å². The first kappa shape index (κ1) is 12.3. The van der Waals surface area contributed by atoms with Gasteiger partial charge in [0, 0.05) is 38.1 Å². The molecule has 1 atom stereocenters. The Labute approximate surface area is 114 Å². The molecule has 0 bridgehead atoms. The zero-order chi connectivity index (χ0) is 13.2. The lowest BCUT2D eigenvalue weighted by molar-refractivity contribution is 0.211. The van der Waals surface area contributed by atoms with Gasteiger partial charge in [-0.05, 0) is 35.7 Å². The summed E-state index contributed by atoms with van der Waals surface area (Å²) in [5, 5.41) is 0. The number of aryl methyl sites for hydroxylation is 1. The van der Waals surface area contributed by atoms with Gasteiger partial charge in [-0.15, -0.1) is 0 Å². The number of nitrogens with zero attached hydrogens (tertiary/aromatic N) is 2. The minimum absolute atomic E-state index is 0.336. The van der Waals surface area contributed by atoms with E-state index in [4.69, 9.17) is 5.73 Å². The predicted octanol–water partition coefficient (Wildman–Crippen LogP) is 2.41. The van der Waals surface area contributed by atoms with Gasteiger partial charge in [0.2, 0.25) is 0 Å². The minimum Gasteiger partial charge on any atom is -0.329 e. The Morgan fingerprint density at radius 1 is 1.26 bits per heavy atom. The second-order valence-corrected chi connectivity index (χ2v) is 5.21. The van der Waals surface area contributed by atoms with Crippen molar-refractivity contribution in [3.63, 3.8) is 0 Å². The average molecular weight is 253 g/mol. The number of rotatable bonds is 3. The van der Waals surface area contributed by atoms with Crippen LogP contribution in [0.5, 0.6) is 0 Å². The van der Waals surface area contributed by atoms with Crippen molar-refractivity contribution >= 4 is 0 Å². The lowest BCUT2D eigenvalue weighted by atomic mass is 10.0. The zero-order valence-electron chi connectivity index (χ0n) is 11.2. The maximum absolute atomic E-state index is 5.99. The molecule has 0 spiro atoms. The van der Waals surface area contributed by atoms with Gasteiger partial charge < -0.3 is 5.73 Å². The van der Waals surface area contributed by atoms with E-state index in [1.165, 1.54) is 22.3 Å². The third kappa shape index (κ3) is 2.39. The Bertz CT molecular complexity index is 565. The average Bonchev–Trinajstić information content (AvgIpc) is 2.76. The fourth-order valence-corrected chi connectivity index (χ4v) is 2.86. The quantitative estimate of drug-likeness (QED) is 0.913. The molecule has 3 rings (SSSR count). The van der Waals surface area contributed by atoms with Gasteiger partial charge in [-0.2, -0.15) is 0 Å². The SMILES string of the molecule is Cc1ccc2c(c1)C(CN)N(Cc1ccncc1)C2. The highest BCUT2D eigenvalue weighted by molar-refractivity contribution is 5.37. The molecule has 1 unspecified atom stereocenters. The summed E-state index contributed by atoms with van der Waals surface area (Å²) in [5.74, 6) is 0. The molecule has 2 N–H and O–H groups in total. The molecule has 0 amide bonds. The van der Waals surface area contributed by atoms with Gasteiger partial charge in [0.05, 0.1) is 0 Å². The third-order valence-electron chi connectivity index (χ3n) is 3.83. The van der Waals surface area contributed by atoms with Crippen LogP contribution in [0.3, 0.4) is 0 Å². The smallest absolute Gasteiger partial charge is 0.0480 e. The van der Waals surface area contributed by atoms with Crippen LogP contribution in [-0.4, -0.2) is 16.4 Å². The van der Waals surface area contributed by atoms with Crippen LogP contribution in [0.4, 0.5) is 0 Å². The summed E-state index contributed by atoms with van der Waals surface area (Å²) in [7, 11) is 0. The summed E-state index contributed by atoms with van der Waals surface area (Å²) in [6.07, 6.45) is 3.69. The highest BCUT2D eigenvalue weighted by Gasteiger charge is 2.28. The molecule has 3 heteroatoms. The van der Waals surface area contributed by atoms with E-state index in [0.717, 1.165) is 13.1 Å². The normalized spacial score (nSPS) is 18.5. The summed E-state index contributed by atoms with van der Waals surface area (Å²) in [5.41, 5.74) is 11.4. The maximum atomic E-state index is 5.99. The fraction of sp³-hybridized carbons (Fsp3) is 0.312. The van der Waals surface area contributed by atoms with Crippen molar-refractivity contribution in [2.24, 2.45) is 5.73 Å². The van der Waals surface area contributed by atoms with Crippen molar-refractivity contribution in [1.82, 2.24) is 9.88 Å². The van der Waals surface area contributed by atoms with E-state index in [-0.39, 0.29) is 0 Å². The Morgan fingerprint density at radius 2 is 2.05 bits per heavy atom. The molecule has 0 saturated heterocycles. The van der Waals surface area contributed by atoms with Crippen LogP contribution in [0.2, 0.25) is 0 Å². The number of fused-ring (bicyclic) bond motifs is 1. The number of hydrogen-bond donors (Lipinski definition) is 1. The molecule has 0 radical (unpaired) electrons. The van der Waals surface area contributed by atoms with E-state index >= 15 is 0 Å². The van der Waals surface area contributed by atoms with Crippen molar-refractivity contribution in [2.75, 3.05) is 6.54 Å². The van der Waals surface area contributed by atoms with Crippen LogP contribution < -0.4 is 5.73 Å². The molecule has 0 fully saturated rings. The summed E-state index contributed by atoms with van der Waals surface area (Å²) in [6.45, 7) is 4.72. The molecule has 0 aliphatic carbocycles. The molecule has 1 aromatic carbocycles. The molecule has 1 aromatic heterocycles. The van der Waals surface area contributed by atoms with Gasteiger partial charge in [0.15, 0.2) is 0 Å². The number of nitrogens with two attached hydrogens (primary N) is 1. The standard InChI is InChI=1S/C16H19N3/c1-12-2-3-14-11-19(16(9-17)15(14)8-12)10-13-4-6-18-7-5-13/h2-8,16H,9-11,17H2,1H3. The van der Waals surface area contributed by atoms with Crippen molar-refractivity contribution in [2.45, 2.75) is 26.1 Å². The fourth-order valence-electron chi connectivity index (χ4n) is 2.86. The predicted molar refractivity (Wildman–Crippen MR) is 76.5 cm³/mol. The Hall–Kier alpha value is -1.71. The van der Waals surface area contributed by atoms with Gasteiger partial charge in [-0.3, -0.25) is 9.88 Å². The van der Waals surface area contributed by atoms with Gasteiger partial charge >= 0.3 is 0 Å². The molecule has 0 saturated carbocycles. The summed E-state index contributed by atoms with van der Waals surface area (Å²) in [6, 6.07) is 11.2. The highest BCUT2D eigenvalue weighted by Crippen LogP contribution is 2.34. The summed E-state index contributed by atoms with van der Waals surface area (Å²) >= 11 is 0. The van der Waals surface area contributed by atoms with Crippen LogP contribution >= 0.6 is 0 Å². The van der Waals surface area contributed by atoms with Crippen molar-refractivity contribution in [3.05, 3.63) is 65.0 Å². The first-order chi connectivity index (χ1) is 9.28. The van der Waals surface area contributed by atoms with Gasteiger partial charge in [-0.25, -0.2) is 0 Å². The monoisotopic (exact) mass is 253 g/mol. The Kier molecular flexibility index (Phi) is 3.32. The largest absolute Gasteiger partial charge is 0.329 e. The molecule has 2 aromatic rings. The third-order valence-corrected chi connectivity index (χ3v) is 3.83. The van der Waals surface area contributed by atoms with Crippen LogP contribution in [-0.2, 0) is 13.1 Å².